The van der Waals surface area contributed by atoms with Gasteiger partial charge in [0.05, 0.1) is 0 Å². The summed E-state index contributed by atoms with van der Waals surface area (Å²) in [6, 6.07) is 13.7. The van der Waals surface area contributed by atoms with E-state index in [-0.39, 0.29) is 16.7 Å². The van der Waals surface area contributed by atoms with Gasteiger partial charge in [0.2, 0.25) is 0 Å². The van der Waals surface area contributed by atoms with Crippen molar-refractivity contribution in [1.29, 1.82) is 0 Å². The molecular weight excluding hydrogens is 585 g/mol. The van der Waals surface area contributed by atoms with Crippen LogP contribution >= 0.6 is 0 Å². The molecule has 0 saturated heterocycles. The zero-order valence-electron chi connectivity index (χ0n) is 22.9. The van der Waals surface area contributed by atoms with Crippen molar-refractivity contribution < 1.29 is 55.3 Å². The van der Waals surface area contributed by atoms with Gasteiger partial charge < -0.3 is 0 Å². The molecule has 1 atom stereocenters. The molecule has 0 spiro atoms. The quantitative estimate of drug-likeness (QED) is 0.253. The number of benzene rings is 3. The molecule has 2 aliphatic rings. The number of carbonyl (C=O) groups excluding carboxylic acids is 3. The Morgan fingerprint density at radius 3 is 1.38 bits per heavy atom. The van der Waals surface area contributed by atoms with Gasteiger partial charge in [-0.05, 0) is 0 Å². The molecule has 42 heavy (non-hydrogen) atoms. The van der Waals surface area contributed by atoms with E-state index in [1.54, 1.807) is 6.92 Å². The van der Waals surface area contributed by atoms with E-state index in [0.717, 1.165) is 72.4 Å². The molecule has 3 aromatic rings. The molecular formula is C32H27F3O6Ti. The molecule has 0 amide bonds. The molecule has 0 aliphatic heterocycles. The fourth-order valence-corrected chi connectivity index (χ4v) is 9.98. The molecule has 0 bridgehead atoms. The minimum atomic E-state index is -5.64. The van der Waals surface area contributed by atoms with Gasteiger partial charge in [-0.2, -0.15) is 0 Å². The van der Waals surface area contributed by atoms with Crippen molar-refractivity contribution >= 4 is 17.9 Å². The van der Waals surface area contributed by atoms with Crippen LogP contribution in [0.2, 0.25) is 3.72 Å². The molecule has 0 N–H and O–H groups in total. The van der Waals surface area contributed by atoms with E-state index in [4.69, 9.17) is 9.96 Å². The monoisotopic (exact) mass is 612 g/mol. The fourth-order valence-electron chi connectivity index (χ4n) is 5.48. The second-order valence-electron chi connectivity index (χ2n) is 10.4. The fraction of sp³-hybridized carbons (Fsp3) is 0.219. The van der Waals surface area contributed by atoms with E-state index in [9.17, 15) is 27.6 Å². The molecule has 0 heterocycles. The number of rotatable bonds is 7. The van der Waals surface area contributed by atoms with Crippen molar-refractivity contribution in [2.24, 2.45) is 0 Å². The van der Waals surface area contributed by atoms with Crippen LogP contribution in [0.25, 0.3) is 0 Å². The van der Waals surface area contributed by atoms with Crippen LogP contribution in [0.15, 0.2) is 95.6 Å². The Labute approximate surface area is 245 Å². The molecule has 0 fully saturated rings. The van der Waals surface area contributed by atoms with Crippen molar-refractivity contribution in [2.75, 3.05) is 0 Å². The molecule has 216 valence electrons. The second kappa shape index (κ2) is 11.7. The Balaban J connectivity index is 1.67. The summed E-state index contributed by atoms with van der Waals surface area (Å²) in [7, 11) is 0. The van der Waals surface area contributed by atoms with Crippen LogP contribution < -0.4 is 0 Å². The van der Waals surface area contributed by atoms with Gasteiger partial charge in [-0.25, -0.2) is 0 Å². The van der Waals surface area contributed by atoms with Gasteiger partial charge >= 0.3 is 246 Å². The van der Waals surface area contributed by atoms with Crippen molar-refractivity contribution in [3.63, 3.8) is 0 Å². The average Bonchev–Trinajstić information content (AvgIpc) is 3.25. The molecule has 6 nitrogen and oxygen atoms in total. The number of allylic oxidation sites excluding steroid dienone is 4. The van der Waals surface area contributed by atoms with Crippen LogP contribution in [0.5, 0.6) is 0 Å². The standard InChI is InChI=1S/C11H15.3C7H5FO2.Ti/c1-8-7-9(2)11-6-4-3-5-10(8)11;3*8-6-3-1-5(2-4-6)7(9)10;/h7H,3-6H2,1-2H3;3*1-4H,(H,9,10);/q;;;;+3/p-3. The summed E-state index contributed by atoms with van der Waals surface area (Å²) >= 11 is -5.64. The maximum absolute atomic E-state index is 13.7. The Hall–Kier alpha value is -3.95. The van der Waals surface area contributed by atoms with Crippen molar-refractivity contribution in [2.45, 2.75) is 43.3 Å². The van der Waals surface area contributed by atoms with E-state index in [1.807, 2.05) is 13.0 Å². The number of carbonyl (C=O) groups is 3. The van der Waals surface area contributed by atoms with Gasteiger partial charge in [-0.3, -0.25) is 0 Å². The minimum absolute atomic E-state index is 0.0535. The summed E-state index contributed by atoms with van der Waals surface area (Å²) in [5.41, 5.74) is 2.59. The Bertz CT molecular complexity index is 1450. The first-order chi connectivity index (χ1) is 20.0. The zero-order chi connectivity index (χ0) is 30.1. The summed E-state index contributed by atoms with van der Waals surface area (Å²) in [5.74, 6) is -4.68. The van der Waals surface area contributed by atoms with E-state index >= 15 is 0 Å². The topological polar surface area (TPSA) is 78.9 Å². The molecule has 0 radical (unpaired) electrons. The predicted molar refractivity (Wildman–Crippen MR) is 143 cm³/mol. The van der Waals surface area contributed by atoms with Crippen molar-refractivity contribution in [3.8, 4) is 0 Å². The molecule has 0 aromatic heterocycles. The van der Waals surface area contributed by atoms with E-state index in [0.29, 0.717) is 6.42 Å². The van der Waals surface area contributed by atoms with Gasteiger partial charge in [0.15, 0.2) is 0 Å². The third-order valence-electron chi connectivity index (χ3n) is 7.63. The number of halogens is 3. The van der Waals surface area contributed by atoms with Gasteiger partial charge in [0.25, 0.3) is 0 Å². The van der Waals surface area contributed by atoms with E-state index in [1.165, 1.54) is 36.4 Å². The molecule has 1 unspecified atom stereocenters. The van der Waals surface area contributed by atoms with Crippen LogP contribution in [0.3, 0.4) is 0 Å². The second-order valence-corrected chi connectivity index (χ2v) is 14.8. The average molecular weight is 612 g/mol. The van der Waals surface area contributed by atoms with Crippen molar-refractivity contribution in [1.82, 2.24) is 0 Å². The molecule has 2 aliphatic carbocycles. The third kappa shape index (κ3) is 5.71. The van der Waals surface area contributed by atoms with Crippen LogP contribution in [0.1, 0.15) is 70.6 Å². The van der Waals surface area contributed by atoms with E-state index in [2.05, 4.69) is 0 Å². The summed E-state index contributed by atoms with van der Waals surface area (Å²) < 4.78 is 57.9. The maximum atomic E-state index is 13.7. The Kier molecular flexibility index (Phi) is 8.26. The normalized spacial score (nSPS) is 18.2. The molecule has 10 heteroatoms. The third-order valence-corrected chi connectivity index (χ3v) is 12.4. The molecule has 5 rings (SSSR count). The molecule has 3 aromatic carbocycles. The summed E-state index contributed by atoms with van der Waals surface area (Å²) in [4.78, 5) is 40.9. The SMILES string of the molecule is CC1=C[C](C)([Ti]([O]C(=O)c2ccc(F)cc2)([O]C(=O)c2ccc(F)cc2)[O]C(=O)c2ccc(F)cc2)C2=C1CCCC2. The summed E-state index contributed by atoms with van der Waals surface area (Å²) in [6.07, 6.45) is 4.90. The first-order valence-electron chi connectivity index (χ1n) is 13.4. The predicted octanol–water partition coefficient (Wildman–Crippen LogP) is 7.88. The summed E-state index contributed by atoms with van der Waals surface area (Å²) in [5, 5.41) is 0. The van der Waals surface area contributed by atoms with E-state index < -0.39 is 56.8 Å². The van der Waals surface area contributed by atoms with Crippen LogP contribution in [0, 0.1) is 17.5 Å². The van der Waals surface area contributed by atoms with Gasteiger partial charge in [-0.15, -0.1) is 0 Å². The first-order valence-corrected chi connectivity index (χ1v) is 16.1. The summed E-state index contributed by atoms with van der Waals surface area (Å²) in [6.45, 7) is 3.61. The van der Waals surface area contributed by atoms with Gasteiger partial charge in [-0.1, -0.05) is 0 Å². The van der Waals surface area contributed by atoms with Crippen LogP contribution in [-0.2, 0) is 27.7 Å². The number of hydrogen-bond acceptors (Lipinski definition) is 6. The van der Waals surface area contributed by atoms with Gasteiger partial charge in [0, 0.05) is 0 Å². The Morgan fingerprint density at radius 2 is 1.00 bits per heavy atom. The van der Waals surface area contributed by atoms with Crippen molar-refractivity contribution in [3.05, 3.63) is 130 Å². The Morgan fingerprint density at radius 1 is 0.643 bits per heavy atom. The van der Waals surface area contributed by atoms with Crippen LogP contribution in [-0.4, -0.2) is 17.9 Å². The van der Waals surface area contributed by atoms with Crippen LogP contribution in [0.4, 0.5) is 13.2 Å². The zero-order valence-corrected chi connectivity index (χ0v) is 24.5. The molecule has 0 saturated carbocycles. The number of hydrogen-bond donors (Lipinski definition) is 0. The first kappa shape index (κ1) is 29.5. The van der Waals surface area contributed by atoms with Gasteiger partial charge in [0.1, 0.15) is 0 Å².